The summed E-state index contributed by atoms with van der Waals surface area (Å²) in [5.41, 5.74) is -0.0129. The fourth-order valence-electron chi connectivity index (χ4n) is 3.68. The van der Waals surface area contributed by atoms with Gasteiger partial charge in [0.15, 0.2) is 5.78 Å². The topological polar surface area (TPSA) is 76.1 Å². The van der Waals surface area contributed by atoms with E-state index in [1.54, 1.807) is 6.92 Å². The first-order chi connectivity index (χ1) is 12.1. The molecule has 0 spiro atoms. The number of hydrogen-bond acceptors (Lipinski definition) is 5. The Labute approximate surface area is 156 Å². The van der Waals surface area contributed by atoms with E-state index < -0.39 is 11.6 Å². The van der Waals surface area contributed by atoms with Crippen molar-refractivity contribution in [2.75, 3.05) is 7.11 Å². The summed E-state index contributed by atoms with van der Waals surface area (Å²) >= 11 is 0. The molecule has 0 amide bonds. The van der Waals surface area contributed by atoms with Crippen molar-refractivity contribution in [3.63, 3.8) is 0 Å². The van der Waals surface area contributed by atoms with E-state index in [0.717, 1.165) is 12.8 Å². The van der Waals surface area contributed by atoms with Crippen molar-refractivity contribution in [2.24, 2.45) is 5.92 Å². The number of aliphatic hydroxyl groups is 1. The molecular formula is C21H32O5. The molecule has 1 heterocycles. The number of epoxide rings is 1. The van der Waals surface area contributed by atoms with E-state index in [2.05, 4.69) is 19.6 Å². The van der Waals surface area contributed by atoms with Crippen LogP contribution in [0.3, 0.4) is 0 Å². The van der Waals surface area contributed by atoms with Gasteiger partial charge in [-0.15, -0.1) is 0 Å². The number of rotatable bonds is 2. The lowest BCUT2D eigenvalue weighted by Crippen LogP contribution is -2.36. The van der Waals surface area contributed by atoms with Gasteiger partial charge < -0.3 is 14.6 Å². The molecule has 2 aliphatic rings. The number of ketones is 1. The van der Waals surface area contributed by atoms with Crippen molar-refractivity contribution in [1.29, 1.82) is 0 Å². The summed E-state index contributed by atoms with van der Waals surface area (Å²) in [4.78, 5) is 24.4. The molecule has 1 aliphatic carbocycles. The molecule has 5 nitrogen and oxygen atoms in total. The van der Waals surface area contributed by atoms with E-state index in [1.807, 2.05) is 6.92 Å². The zero-order valence-electron chi connectivity index (χ0n) is 16.5. The van der Waals surface area contributed by atoms with Crippen LogP contribution in [0.1, 0.15) is 65.7 Å². The summed E-state index contributed by atoms with van der Waals surface area (Å²) in [6.45, 7) is 9.59. The summed E-state index contributed by atoms with van der Waals surface area (Å²) < 4.78 is 10.7. The Morgan fingerprint density at radius 1 is 1.35 bits per heavy atom. The summed E-state index contributed by atoms with van der Waals surface area (Å²) in [5.74, 6) is -0.769. The van der Waals surface area contributed by atoms with Crippen LogP contribution in [0.25, 0.3) is 0 Å². The molecule has 1 unspecified atom stereocenters. The lowest BCUT2D eigenvalue weighted by molar-refractivity contribution is -0.137. The van der Waals surface area contributed by atoms with Crippen LogP contribution in [-0.4, -0.2) is 41.3 Å². The van der Waals surface area contributed by atoms with Gasteiger partial charge in [-0.2, -0.15) is 0 Å². The van der Waals surface area contributed by atoms with Crippen LogP contribution in [0.2, 0.25) is 0 Å². The van der Waals surface area contributed by atoms with Crippen LogP contribution < -0.4 is 0 Å². The number of methoxy groups -OCH3 is 1. The summed E-state index contributed by atoms with van der Waals surface area (Å²) in [6.07, 6.45) is 6.45. The average molecular weight is 364 g/mol. The van der Waals surface area contributed by atoms with E-state index in [4.69, 9.17) is 9.47 Å². The molecule has 0 saturated carbocycles. The predicted molar refractivity (Wildman–Crippen MR) is 99.6 cm³/mol. The van der Waals surface area contributed by atoms with Crippen LogP contribution in [-0.2, 0) is 19.1 Å². The quantitative estimate of drug-likeness (QED) is 0.351. The van der Waals surface area contributed by atoms with Crippen LogP contribution >= 0.6 is 0 Å². The summed E-state index contributed by atoms with van der Waals surface area (Å²) in [6, 6.07) is 0. The molecule has 0 bridgehead atoms. The van der Waals surface area contributed by atoms with Gasteiger partial charge >= 0.3 is 5.97 Å². The first kappa shape index (κ1) is 20.8. The van der Waals surface area contributed by atoms with Gasteiger partial charge in [0, 0.05) is 12.0 Å². The number of ether oxygens (including phenoxy) is 2. The minimum Gasteiger partial charge on any atom is -0.466 e. The zero-order chi connectivity index (χ0) is 19.5. The molecule has 0 radical (unpaired) electrons. The van der Waals surface area contributed by atoms with Crippen LogP contribution in [0.5, 0.6) is 0 Å². The van der Waals surface area contributed by atoms with Crippen LogP contribution in [0, 0.1) is 5.92 Å². The zero-order valence-corrected chi connectivity index (χ0v) is 16.5. The standard InChI is InChI=1S/C21H32O5/c1-14-7-6-11-21(4)18(26-21)13-16(15(2)19(23)25-5)10-12-20(3,24)17(22)9-8-14/h7,16,18,24H,2,6,8-13H2,1,3-5H3/b14-7+/t16?,18-,20-,21-/m1/s1. The van der Waals surface area contributed by atoms with E-state index >= 15 is 0 Å². The van der Waals surface area contributed by atoms with E-state index in [1.165, 1.54) is 12.7 Å². The van der Waals surface area contributed by atoms with Gasteiger partial charge in [0.25, 0.3) is 0 Å². The maximum Gasteiger partial charge on any atom is 0.333 e. The van der Waals surface area contributed by atoms with Crippen molar-refractivity contribution < 1.29 is 24.2 Å². The van der Waals surface area contributed by atoms with E-state index in [-0.39, 0.29) is 23.4 Å². The number of carbonyl (C=O) groups excluding carboxylic acids is 2. The number of carbonyl (C=O) groups is 2. The smallest absolute Gasteiger partial charge is 0.333 e. The third-order valence-corrected chi connectivity index (χ3v) is 5.93. The highest BCUT2D eigenvalue weighted by atomic mass is 16.6. The van der Waals surface area contributed by atoms with Crippen molar-refractivity contribution in [1.82, 2.24) is 0 Å². The summed E-state index contributed by atoms with van der Waals surface area (Å²) in [5, 5.41) is 10.6. The van der Waals surface area contributed by atoms with Gasteiger partial charge in [-0.3, -0.25) is 4.79 Å². The number of esters is 1. The van der Waals surface area contributed by atoms with Crippen molar-refractivity contribution in [3.05, 3.63) is 23.8 Å². The second-order valence-corrected chi connectivity index (χ2v) is 8.19. The van der Waals surface area contributed by atoms with Gasteiger partial charge in [0.2, 0.25) is 0 Å². The molecular weight excluding hydrogens is 332 g/mol. The average Bonchev–Trinajstić information content (AvgIpc) is 3.23. The lowest BCUT2D eigenvalue weighted by atomic mass is 9.82. The fourth-order valence-corrected chi connectivity index (χ4v) is 3.68. The molecule has 1 fully saturated rings. The van der Waals surface area contributed by atoms with Crippen molar-refractivity contribution >= 4 is 11.8 Å². The Bertz CT molecular complexity index is 604. The third-order valence-electron chi connectivity index (χ3n) is 5.93. The first-order valence-electron chi connectivity index (χ1n) is 9.45. The molecule has 0 aromatic heterocycles. The van der Waals surface area contributed by atoms with Gasteiger partial charge in [0.05, 0.1) is 18.8 Å². The Balaban J connectivity index is 2.19. The molecule has 26 heavy (non-hydrogen) atoms. The third kappa shape index (κ3) is 5.04. The van der Waals surface area contributed by atoms with Crippen molar-refractivity contribution in [3.8, 4) is 0 Å². The number of allylic oxidation sites excluding steroid dienone is 2. The van der Waals surface area contributed by atoms with Gasteiger partial charge in [-0.25, -0.2) is 4.79 Å². The maximum atomic E-state index is 12.4. The van der Waals surface area contributed by atoms with Gasteiger partial charge in [-0.1, -0.05) is 18.2 Å². The van der Waals surface area contributed by atoms with Crippen LogP contribution in [0.4, 0.5) is 0 Å². The molecule has 1 saturated heterocycles. The molecule has 2 rings (SSSR count). The Morgan fingerprint density at radius 2 is 2.04 bits per heavy atom. The molecule has 5 heteroatoms. The monoisotopic (exact) mass is 364 g/mol. The highest BCUT2D eigenvalue weighted by Crippen LogP contribution is 2.46. The summed E-state index contributed by atoms with van der Waals surface area (Å²) in [7, 11) is 1.34. The van der Waals surface area contributed by atoms with Gasteiger partial charge in [0.1, 0.15) is 5.60 Å². The molecule has 1 aliphatic heterocycles. The highest BCUT2D eigenvalue weighted by molar-refractivity contribution is 5.88. The predicted octanol–water partition coefficient (Wildman–Crippen LogP) is 3.50. The van der Waals surface area contributed by atoms with Gasteiger partial charge in [-0.05, 0) is 65.2 Å². The molecule has 0 aromatic rings. The lowest BCUT2D eigenvalue weighted by Gasteiger charge is -2.26. The fraction of sp³-hybridized carbons (Fsp3) is 0.714. The minimum absolute atomic E-state index is 0.0613. The molecule has 146 valence electrons. The number of hydrogen-bond donors (Lipinski definition) is 1. The SMILES string of the molecule is C=C(C(=O)OC)C1CC[C@@](C)(O)C(=O)CC/C(C)=C/CC[C@@]2(C)O[C@@H]2C1. The molecule has 1 N–H and O–H groups in total. The molecule has 0 aromatic carbocycles. The second kappa shape index (κ2) is 8.05. The van der Waals surface area contributed by atoms with E-state index in [0.29, 0.717) is 37.7 Å². The number of fused-ring (bicyclic) bond motifs is 1. The largest absolute Gasteiger partial charge is 0.466 e. The van der Waals surface area contributed by atoms with Crippen LogP contribution in [0.15, 0.2) is 23.8 Å². The second-order valence-electron chi connectivity index (χ2n) is 8.19. The van der Waals surface area contributed by atoms with E-state index in [9.17, 15) is 14.7 Å². The Kier molecular flexibility index (Phi) is 6.46. The number of Topliss-reactive ketones (excluding diaryl/α,β-unsaturated/α-hetero) is 1. The Hall–Kier alpha value is -1.46. The first-order valence-corrected chi connectivity index (χ1v) is 9.45. The molecule has 4 atom stereocenters. The normalized spacial score (nSPS) is 38.3. The highest BCUT2D eigenvalue weighted by Gasteiger charge is 2.52. The maximum absolute atomic E-state index is 12.4. The van der Waals surface area contributed by atoms with Crippen molar-refractivity contribution in [2.45, 2.75) is 83.0 Å². The minimum atomic E-state index is -1.40. The Morgan fingerprint density at radius 3 is 2.69 bits per heavy atom.